The second-order valence-electron chi connectivity index (χ2n) is 7.42. The molecule has 1 aromatic heterocycles. The number of H-pyrrole nitrogens is 1. The fourth-order valence-electron chi connectivity index (χ4n) is 4.02. The molecule has 3 heteroatoms. The van der Waals surface area contributed by atoms with Gasteiger partial charge in [-0.05, 0) is 47.6 Å². The lowest BCUT2D eigenvalue weighted by Crippen LogP contribution is -2.46. The SMILES string of the molecule is CC1CN(Cc2ccccc2)CCC1(C)c1ccc2[nH]cnc2c1. The molecule has 2 atom stereocenters. The van der Waals surface area contributed by atoms with Gasteiger partial charge in [-0.2, -0.15) is 0 Å². The fourth-order valence-corrected chi connectivity index (χ4v) is 4.02. The molecule has 2 unspecified atom stereocenters. The van der Waals surface area contributed by atoms with Crippen LogP contribution in [0.1, 0.15) is 31.4 Å². The van der Waals surface area contributed by atoms with Gasteiger partial charge in [0.05, 0.1) is 17.4 Å². The average molecular weight is 319 g/mol. The summed E-state index contributed by atoms with van der Waals surface area (Å²) in [6, 6.07) is 17.5. The van der Waals surface area contributed by atoms with Crippen LogP contribution in [0.5, 0.6) is 0 Å². The molecule has 0 aliphatic carbocycles. The van der Waals surface area contributed by atoms with Crippen LogP contribution >= 0.6 is 0 Å². The first kappa shape index (κ1) is 15.4. The van der Waals surface area contributed by atoms with Crippen molar-refractivity contribution in [2.75, 3.05) is 13.1 Å². The summed E-state index contributed by atoms with van der Waals surface area (Å²) in [5, 5.41) is 0. The molecule has 2 aromatic carbocycles. The zero-order valence-corrected chi connectivity index (χ0v) is 14.5. The molecule has 0 spiro atoms. The van der Waals surface area contributed by atoms with Crippen molar-refractivity contribution in [3.8, 4) is 0 Å². The number of imidazole rings is 1. The zero-order chi connectivity index (χ0) is 16.6. The third kappa shape index (κ3) is 2.73. The molecule has 1 N–H and O–H groups in total. The van der Waals surface area contributed by atoms with E-state index >= 15 is 0 Å². The maximum Gasteiger partial charge on any atom is 0.0931 e. The minimum atomic E-state index is 0.223. The number of fused-ring (bicyclic) bond motifs is 1. The first-order valence-corrected chi connectivity index (χ1v) is 8.85. The number of benzene rings is 2. The fraction of sp³-hybridized carbons (Fsp3) is 0.381. The Morgan fingerprint density at radius 2 is 2.04 bits per heavy atom. The van der Waals surface area contributed by atoms with Crippen LogP contribution in [0.2, 0.25) is 0 Å². The molecule has 1 saturated heterocycles. The molecular weight excluding hydrogens is 294 g/mol. The molecule has 0 amide bonds. The van der Waals surface area contributed by atoms with Crippen molar-refractivity contribution in [2.24, 2.45) is 5.92 Å². The molecule has 2 heterocycles. The zero-order valence-electron chi connectivity index (χ0n) is 14.5. The Labute approximate surface area is 143 Å². The maximum absolute atomic E-state index is 4.44. The largest absolute Gasteiger partial charge is 0.345 e. The van der Waals surface area contributed by atoms with Crippen LogP contribution in [0, 0.1) is 5.92 Å². The van der Waals surface area contributed by atoms with Crippen molar-refractivity contribution in [3.05, 3.63) is 66.0 Å². The minimum Gasteiger partial charge on any atom is -0.345 e. The average Bonchev–Trinajstić information content (AvgIpc) is 3.07. The van der Waals surface area contributed by atoms with Gasteiger partial charge in [-0.15, -0.1) is 0 Å². The first-order valence-electron chi connectivity index (χ1n) is 8.85. The van der Waals surface area contributed by atoms with Crippen LogP contribution in [-0.4, -0.2) is 28.0 Å². The number of piperidine rings is 1. The van der Waals surface area contributed by atoms with Gasteiger partial charge < -0.3 is 4.98 Å². The Bertz CT molecular complexity index is 823. The summed E-state index contributed by atoms with van der Waals surface area (Å²) in [5.41, 5.74) is 5.25. The Kier molecular flexibility index (Phi) is 3.89. The third-order valence-corrected chi connectivity index (χ3v) is 5.90. The molecule has 3 aromatic rings. The summed E-state index contributed by atoms with van der Waals surface area (Å²) in [6.45, 7) is 8.16. The van der Waals surface area contributed by atoms with Crippen molar-refractivity contribution in [1.29, 1.82) is 0 Å². The quantitative estimate of drug-likeness (QED) is 0.778. The Morgan fingerprint density at radius 3 is 2.83 bits per heavy atom. The topological polar surface area (TPSA) is 31.9 Å². The van der Waals surface area contributed by atoms with E-state index < -0.39 is 0 Å². The molecule has 4 rings (SSSR count). The highest BCUT2D eigenvalue weighted by Crippen LogP contribution is 2.40. The molecule has 1 aliphatic heterocycles. The van der Waals surface area contributed by atoms with E-state index in [1.807, 2.05) is 0 Å². The van der Waals surface area contributed by atoms with Gasteiger partial charge in [-0.25, -0.2) is 4.98 Å². The van der Waals surface area contributed by atoms with Crippen LogP contribution in [0.4, 0.5) is 0 Å². The number of hydrogen-bond donors (Lipinski definition) is 1. The van der Waals surface area contributed by atoms with Crippen LogP contribution in [0.3, 0.4) is 0 Å². The predicted molar refractivity (Wildman–Crippen MR) is 98.9 cm³/mol. The number of aromatic amines is 1. The van der Waals surface area contributed by atoms with Crippen molar-refractivity contribution >= 4 is 11.0 Å². The normalized spacial score (nSPS) is 25.2. The minimum absolute atomic E-state index is 0.223. The number of rotatable bonds is 3. The van der Waals surface area contributed by atoms with Gasteiger partial charge in [0.1, 0.15) is 0 Å². The molecule has 3 nitrogen and oxygen atoms in total. The van der Waals surface area contributed by atoms with Gasteiger partial charge in [0.2, 0.25) is 0 Å². The highest BCUT2D eigenvalue weighted by molar-refractivity contribution is 5.75. The van der Waals surface area contributed by atoms with Crippen LogP contribution in [-0.2, 0) is 12.0 Å². The van der Waals surface area contributed by atoms with Gasteiger partial charge >= 0.3 is 0 Å². The van der Waals surface area contributed by atoms with E-state index in [1.54, 1.807) is 6.33 Å². The van der Waals surface area contributed by atoms with Gasteiger partial charge in [-0.1, -0.05) is 50.2 Å². The van der Waals surface area contributed by atoms with E-state index in [-0.39, 0.29) is 5.41 Å². The number of nitrogens with zero attached hydrogens (tertiary/aromatic N) is 2. The third-order valence-electron chi connectivity index (χ3n) is 5.90. The molecular formula is C21H25N3. The molecule has 0 saturated carbocycles. The predicted octanol–water partition coefficient (Wildman–Crippen LogP) is 4.36. The molecule has 0 radical (unpaired) electrons. The van der Waals surface area contributed by atoms with Gasteiger partial charge in [-0.3, -0.25) is 4.90 Å². The number of likely N-dealkylation sites (tertiary alicyclic amines) is 1. The van der Waals surface area contributed by atoms with E-state index in [4.69, 9.17) is 0 Å². The Balaban J connectivity index is 1.52. The Hall–Kier alpha value is -2.13. The first-order chi connectivity index (χ1) is 11.6. The lowest BCUT2D eigenvalue weighted by molar-refractivity contribution is 0.105. The van der Waals surface area contributed by atoms with Crippen LogP contribution in [0.15, 0.2) is 54.9 Å². The molecule has 24 heavy (non-hydrogen) atoms. The summed E-state index contributed by atoms with van der Waals surface area (Å²) in [7, 11) is 0. The second kappa shape index (κ2) is 6.06. The van der Waals surface area contributed by atoms with E-state index in [2.05, 4.69) is 77.2 Å². The summed E-state index contributed by atoms with van der Waals surface area (Å²) >= 11 is 0. The van der Waals surface area contributed by atoms with Crippen LogP contribution < -0.4 is 0 Å². The van der Waals surface area contributed by atoms with Gasteiger partial charge in [0, 0.05) is 13.1 Å². The lowest BCUT2D eigenvalue weighted by atomic mass is 9.68. The maximum atomic E-state index is 4.44. The highest BCUT2D eigenvalue weighted by atomic mass is 15.1. The molecule has 1 aliphatic rings. The summed E-state index contributed by atoms with van der Waals surface area (Å²) in [4.78, 5) is 10.2. The smallest absolute Gasteiger partial charge is 0.0931 e. The monoisotopic (exact) mass is 319 g/mol. The van der Waals surface area contributed by atoms with E-state index in [0.717, 1.165) is 30.7 Å². The van der Waals surface area contributed by atoms with Crippen molar-refractivity contribution in [1.82, 2.24) is 14.9 Å². The van der Waals surface area contributed by atoms with Gasteiger partial charge in [0.25, 0.3) is 0 Å². The Morgan fingerprint density at radius 1 is 1.21 bits per heavy atom. The standard InChI is InChI=1S/C21H25N3/c1-16-13-24(14-17-6-4-3-5-7-17)11-10-21(16,2)18-8-9-19-20(12-18)23-15-22-19/h3-9,12,15-16H,10-11,13-14H2,1-2H3,(H,22,23). The summed E-state index contributed by atoms with van der Waals surface area (Å²) in [5.74, 6) is 0.617. The number of hydrogen-bond acceptors (Lipinski definition) is 2. The molecule has 1 fully saturated rings. The van der Waals surface area contributed by atoms with Crippen molar-refractivity contribution in [2.45, 2.75) is 32.2 Å². The second-order valence-corrected chi connectivity index (χ2v) is 7.42. The molecule has 124 valence electrons. The van der Waals surface area contributed by atoms with Gasteiger partial charge in [0.15, 0.2) is 0 Å². The summed E-state index contributed by atoms with van der Waals surface area (Å²) < 4.78 is 0. The summed E-state index contributed by atoms with van der Waals surface area (Å²) in [6.07, 6.45) is 2.97. The van der Waals surface area contributed by atoms with E-state index in [1.165, 1.54) is 17.5 Å². The molecule has 0 bridgehead atoms. The number of nitrogens with one attached hydrogen (secondary N) is 1. The van der Waals surface area contributed by atoms with Crippen molar-refractivity contribution in [3.63, 3.8) is 0 Å². The van der Waals surface area contributed by atoms with E-state index in [9.17, 15) is 0 Å². The highest BCUT2D eigenvalue weighted by Gasteiger charge is 2.38. The van der Waals surface area contributed by atoms with E-state index in [0.29, 0.717) is 5.92 Å². The number of aromatic nitrogens is 2. The van der Waals surface area contributed by atoms with Crippen molar-refractivity contribution < 1.29 is 0 Å². The lowest BCUT2D eigenvalue weighted by Gasteiger charge is -2.45. The van der Waals surface area contributed by atoms with Crippen LogP contribution in [0.25, 0.3) is 11.0 Å².